The van der Waals surface area contributed by atoms with Crippen LogP contribution in [0.3, 0.4) is 0 Å². The topological polar surface area (TPSA) is 9.23 Å². The van der Waals surface area contributed by atoms with Gasteiger partial charge in [0.05, 0.1) is 6.10 Å². The molecule has 3 fully saturated rings. The molecule has 0 saturated heterocycles. The van der Waals surface area contributed by atoms with Gasteiger partial charge in [0.1, 0.15) is 0 Å². The zero-order chi connectivity index (χ0) is 22.9. The predicted molar refractivity (Wildman–Crippen MR) is 137 cm³/mol. The lowest BCUT2D eigenvalue weighted by atomic mass is 9.47. The lowest BCUT2D eigenvalue weighted by Crippen LogP contribution is -2.51. The molecule has 0 N–H and O–H groups in total. The van der Waals surface area contributed by atoms with Crippen molar-refractivity contribution >= 4 is 0 Å². The quantitative estimate of drug-likeness (QED) is 0.256. The van der Waals surface area contributed by atoms with Crippen molar-refractivity contribution in [2.45, 2.75) is 124 Å². The number of hydrogen-bond donors (Lipinski definition) is 0. The Morgan fingerprint density at radius 2 is 1.81 bits per heavy atom. The Labute approximate surface area is 200 Å². The van der Waals surface area contributed by atoms with Crippen LogP contribution in [0, 0.1) is 53.3 Å². The minimum atomic E-state index is 0.456. The smallest absolute Gasteiger partial charge is 0.0612 e. The highest BCUT2D eigenvalue weighted by Gasteiger charge is 2.59. The maximum atomic E-state index is 6.25. The van der Waals surface area contributed by atoms with Crippen LogP contribution in [-0.4, -0.2) is 12.7 Å². The lowest BCUT2D eigenvalue weighted by Gasteiger charge is -2.58. The molecule has 4 aliphatic rings. The number of rotatable bonds is 9. The van der Waals surface area contributed by atoms with Gasteiger partial charge < -0.3 is 4.74 Å². The van der Waals surface area contributed by atoms with Gasteiger partial charge >= 0.3 is 0 Å². The van der Waals surface area contributed by atoms with Crippen LogP contribution in [0.15, 0.2) is 11.6 Å². The fraction of sp³-hybridized carbons (Fsp3) is 0.903. The molecule has 0 aromatic rings. The van der Waals surface area contributed by atoms with E-state index in [-0.39, 0.29) is 0 Å². The summed E-state index contributed by atoms with van der Waals surface area (Å²) in [5, 5.41) is 0. The number of hydrogen-bond acceptors (Lipinski definition) is 1. The van der Waals surface area contributed by atoms with E-state index in [4.69, 9.17) is 4.74 Å². The summed E-state index contributed by atoms with van der Waals surface area (Å²) < 4.78 is 6.25. The van der Waals surface area contributed by atoms with Gasteiger partial charge in [0, 0.05) is 6.61 Å². The highest BCUT2D eigenvalue weighted by Crippen LogP contribution is 2.67. The summed E-state index contributed by atoms with van der Waals surface area (Å²) in [6, 6.07) is 0. The predicted octanol–water partition coefficient (Wildman–Crippen LogP) is 9.03. The first kappa shape index (κ1) is 24.8. The van der Waals surface area contributed by atoms with E-state index in [1.165, 1.54) is 70.6 Å². The van der Waals surface area contributed by atoms with Gasteiger partial charge in [0.2, 0.25) is 0 Å². The molecule has 1 nitrogen and oxygen atoms in total. The number of ether oxygens (including phenoxy) is 1. The van der Waals surface area contributed by atoms with Crippen LogP contribution in [0.4, 0.5) is 0 Å². The second kappa shape index (κ2) is 10.1. The Kier molecular flexibility index (Phi) is 7.86. The molecule has 4 aliphatic carbocycles. The van der Waals surface area contributed by atoms with Gasteiger partial charge in [-0.3, -0.25) is 0 Å². The van der Waals surface area contributed by atoms with Crippen LogP contribution in [0.25, 0.3) is 0 Å². The molecular formula is C31H53O. The molecule has 0 bridgehead atoms. The van der Waals surface area contributed by atoms with Crippen LogP contribution >= 0.6 is 0 Å². The Morgan fingerprint density at radius 1 is 1.00 bits per heavy atom. The van der Waals surface area contributed by atoms with E-state index < -0.39 is 0 Å². The molecule has 0 aromatic heterocycles. The van der Waals surface area contributed by atoms with Crippen molar-refractivity contribution in [3.05, 3.63) is 18.6 Å². The number of allylic oxidation sites excluding steroid dienone is 1. The zero-order valence-corrected chi connectivity index (χ0v) is 22.1. The van der Waals surface area contributed by atoms with Crippen LogP contribution in [0.5, 0.6) is 0 Å². The molecule has 1 radical (unpaired) electrons. The minimum Gasteiger partial charge on any atom is -0.378 e. The molecule has 4 rings (SSSR count). The average molecular weight is 442 g/mol. The van der Waals surface area contributed by atoms with Crippen molar-refractivity contribution in [3.63, 3.8) is 0 Å². The maximum Gasteiger partial charge on any atom is 0.0612 e. The SMILES string of the molecule is [CH2]CCCO[C@H]1CC[C@@]2(C)C(=CCC3C2CC[C@@]2(C)C3CC[C@@H]2[C@H](C)CCCC(C)C)C1. The Hall–Kier alpha value is -0.300. The first-order valence-electron chi connectivity index (χ1n) is 14.4. The second-order valence-corrected chi connectivity index (χ2v) is 13.2. The summed E-state index contributed by atoms with van der Waals surface area (Å²) in [4.78, 5) is 0. The van der Waals surface area contributed by atoms with E-state index in [1.807, 2.05) is 0 Å². The Balaban J connectivity index is 1.42. The summed E-state index contributed by atoms with van der Waals surface area (Å²) in [5.74, 6) is 5.58. The molecule has 3 saturated carbocycles. The van der Waals surface area contributed by atoms with Gasteiger partial charge in [0.15, 0.2) is 0 Å². The van der Waals surface area contributed by atoms with Gasteiger partial charge in [-0.15, -0.1) is 0 Å². The van der Waals surface area contributed by atoms with Crippen LogP contribution in [0.1, 0.15) is 118 Å². The lowest BCUT2D eigenvalue weighted by molar-refractivity contribution is -0.0640. The molecule has 0 aromatic carbocycles. The molecule has 32 heavy (non-hydrogen) atoms. The van der Waals surface area contributed by atoms with Gasteiger partial charge in [-0.25, -0.2) is 0 Å². The number of unbranched alkanes of at least 4 members (excludes halogenated alkanes) is 1. The van der Waals surface area contributed by atoms with Gasteiger partial charge in [-0.1, -0.05) is 78.9 Å². The second-order valence-electron chi connectivity index (χ2n) is 13.2. The molecule has 0 aliphatic heterocycles. The fourth-order valence-corrected chi connectivity index (χ4v) is 9.15. The van der Waals surface area contributed by atoms with Crippen molar-refractivity contribution in [2.24, 2.45) is 46.3 Å². The highest BCUT2D eigenvalue weighted by atomic mass is 16.5. The molecule has 0 amide bonds. The van der Waals surface area contributed by atoms with Crippen molar-refractivity contribution in [3.8, 4) is 0 Å². The minimum absolute atomic E-state index is 0.456. The third-order valence-electron chi connectivity index (χ3n) is 11.0. The largest absolute Gasteiger partial charge is 0.378 e. The summed E-state index contributed by atoms with van der Waals surface area (Å²) >= 11 is 0. The summed E-state index contributed by atoms with van der Waals surface area (Å²) in [6.45, 7) is 17.6. The van der Waals surface area contributed by atoms with Crippen molar-refractivity contribution in [2.75, 3.05) is 6.61 Å². The van der Waals surface area contributed by atoms with E-state index in [0.29, 0.717) is 16.9 Å². The summed E-state index contributed by atoms with van der Waals surface area (Å²) in [7, 11) is 0. The van der Waals surface area contributed by atoms with E-state index in [2.05, 4.69) is 47.6 Å². The Morgan fingerprint density at radius 3 is 2.56 bits per heavy atom. The van der Waals surface area contributed by atoms with E-state index in [1.54, 1.807) is 5.57 Å². The fourth-order valence-electron chi connectivity index (χ4n) is 9.15. The van der Waals surface area contributed by atoms with Gasteiger partial charge in [-0.2, -0.15) is 0 Å². The van der Waals surface area contributed by atoms with E-state index >= 15 is 0 Å². The van der Waals surface area contributed by atoms with E-state index in [0.717, 1.165) is 55.0 Å². The van der Waals surface area contributed by atoms with Crippen molar-refractivity contribution in [1.82, 2.24) is 0 Å². The normalized spacial score (nSPS) is 42.2. The van der Waals surface area contributed by atoms with Crippen LogP contribution in [0.2, 0.25) is 0 Å². The first-order chi connectivity index (χ1) is 15.3. The number of fused-ring (bicyclic) bond motifs is 5. The van der Waals surface area contributed by atoms with Gasteiger partial charge in [0.25, 0.3) is 0 Å². The molecule has 183 valence electrons. The average Bonchev–Trinajstić information content (AvgIpc) is 3.11. The molecule has 0 heterocycles. The third kappa shape index (κ3) is 4.63. The maximum absolute atomic E-state index is 6.25. The summed E-state index contributed by atoms with van der Waals surface area (Å²) in [5.41, 5.74) is 2.83. The molecule has 8 atom stereocenters. The monoisotopic (exact) mass is 441 g/mol. The molecule has 0 spiro atoms. The van der Waals surface area contributed by atoms with E-state index in [9.17, 15) is 0 Å². The Bertz CT molecular complexity index is 649. The van der Waals surface area contributed by atoms with Crippen molar-refractivity contribution < 1.29 is 4.74 Å². The summed E-state index contributed by atoms with van der Waals surface area (Å²) in [6.07, 6.45) is 20.7. The molecule has 1 heteroatoms. The molecular weight excluding hydrogens is 388 g/mol. The van der Waals surface area contributed by atoms with Crippen LogP contribution in [-0.2, 0) is 4.74 Å². The first-order valence-corrected chi connectivity index (χ1v) is 14.4. The standard InChI is InChI=1S/C31H53O/c1-7-8-20-32-25-16-18-30(5)24(21-25)12-13-26-28-15-14-27(23(4)11-9-10-22(2)3)31(28,6)19-17-29(26)30/h12,22-23,25-29H,1,7-11,13-21H2,2-6H3/t23-,25+,26?,27-,28?,29?,30+,31-/m1/s1. The highest BCUT2D eigenvalue weighted by molar-refractivity contribution is 5.25. The van der Waals surface area contributed by atoms with Gasteiger partial charge in [-0.05, 0) is 104 Å². The zero-order valence-electron chi connectivity index (χ0n) is 22.1. The van der Waals surface area contributed by atoms with Crippen LogP contribution < -0.4 is 0 Å². The third-order valence-corrected chi connectivity index (χ3v) is 11.0. The van der Waals surface area contributed by atoms with Crippen molar-refractivity contribution in [1.29, 1.82) is 0 Å². The molecule has 3 unspecified atom stereocenters.